The van der Waals surface area contributed by atoms with E-state index in [4.69, 9.17) is 0 Å². The summed E-state index contributed by atoms with van der Waals surface area (Å²) in [6, 6.07) is 7.54. The van der Waals surface area contributed by atoms with Crippen LogP contribution in [0, 0.1) is 6.92 Å². The van der Waals surface area contributed by atoms with E-state index >= 15 is 0 Å². The van der Waals surface area contributed by atoms with Crippen molar-refractivity contribution in [3.63, 3.8) is 0 Å². The number of nitrogens with zero attached hydrogens (tertiary/aromatic N) is 1. The van der Waals surface area contributed by atoms with E-state index in [0.717, 1.165) is 47.7 Å². The molecule has 1 saturated heterocycles. The lowest BCUT2D eigenvalue weighted by atomic mass is 10.2. The van der Waals surface area contributed by atoms with E-state index in [1.165, 1.54) is 11.3 Å². The summed E-state index contributed by atoms with van der Waals surface area (Å²) in [5.74, 6) is -0.120. The van der Waals surface area contributed by atoms with Gasteiger partial charge in [-0.3, -0.25) is 4.79 Å². The molecule has 1 aliphatic heterocycles. The molecule has 3 aromatic rings. The number of carbonyl (C=O) groups excluding carboxylic acids is 1. The van der Waals surface area contributed by atoms with Crippen molar-refractivity contribution in [3.05, 3.63) is 44.5 Å². The van der Waals surface area contributed by atoms with Gasteiger partial charge in [0.25, 0.3) is 5.91 Å². The number of aryl methyl sites for hydroxylation is 1. The maximum absolute atomic E-state index is 12.5. The fraction of sp³-hybridized carbons (Fsp3) is 0.294. The van der Waals surface area contributed by atoms with Crippen molar-refractivity contribution in [3.8, 4) is 0 Å². The number of hydrogen-bond acceptors (Lipinski definition) is 4. The second-order valence-corrected chi connectivity index (χ2v) is 7.34. The molecule has 1 fully saturated rings. The summed E-state index contributed by atoms with van der Waals surface area (Å²) >= 11 is 1.47. The molecule has 1 amide bonds. The summed E-state index contributed by atoms with van der Waals surface area (Å²) in [5.41, 5.74) is 2.90. The van der Waals surface area contributed by atoms with E-state index in [0.29, 0.717) is 10.4 Å². The van der Waals surface area contributed by atoms with Crippen LogP contribution < -0.4 is 15.9 Å². The molecule has 1 aromatic carbocycles. The van der Waals surface area contributed by atoms with Crippen LogP contribution in [0.15, 0.2) is 29.1 Å². The summed E-state index contributed by atoms with van der Waals surface area (Å²) in [7, 11) is 0. The van der Waals surface area contributed by atoms with Gasteiger partial charge in [-0.1, -0.05) is 0 Å². The zero-order chi connectivity index (χ0) is 16.7. The van der Waals surface area contributed by atoms with Crippen molar-refractivity contribution in [2.75, 3.05) is 23.3 Å². The number of H-pyrrole nitrogens is 2. The van der Waals surface area contributed by atoms with Crippen LogP contribution in [0.25, 0.3) is 11.0 Å². The standard InChI is InChI=1S/C17H18N4O2S/c1-10-4-5-15(24-10)16(22)18-13-8-11-12(20-17(23)19-11)9-14(13)21-6-2-3-7-21/h4-5,8-9H,2-3,6-7H2,1H3,(H,18,22)(H2,19,20,23). The van der Waals surface area contributed by atoms with E-state index in [-0.39, 0.29) is 11.6 Å². The van der Waals surface area contributed by atoms with Crippen LogP contribution in [-0.2, 0) is 0 Å². The molecule has 2 aromatic heterocycles. The number of thiophene rings is 1. The van der Waals surface area contributed by atoms with Crippen LogP contribution in [0.2, 0.25) is 0 Å². The average molecular weight is 342 g/mol. The predicted octanol–water partition coefficient (Wildman–Crippen LogP) is 3.08. The normalized spacial score (nSPS) is 14.5. The highest BCUT2D eigenvalue weighted by atomic mass is 32.1. The van der Waals surface area contributed by atoms with Crippen molar-refractivity contribution in [2.45, 2.75) is 19.8 Å². The Balaban J connectivity index is 1.75. The first-order valence-electron chi connectivity index (χ1n) is 7.99. The fourth-order valence-corrected chi connectivity index (χ4v) is 3.89. The SMILES string of the molecule is Cc1ccc(C(=O)Nc2cc3[nH]c(=O)[nH]c3cc2N2CCCC2)s1. The number of benzene rings is 1. The molecule has 3 N–H and O–H groups in total. The number of anilines is 2. The van der Waals surface area contributed by atoms with Crippen molar-refractivity contribution >= 4 is 39.7 Å². The first kappa shape index (κ1) is 15.0. The highest BCUT2D eigenvalue weighted by Crippen LogP contribution is 2.32. The number of carbonyl (C=O) groups is 1. The minimum Gasteiger partial charge on any atom is -0.370 e. The zero-order valence-electron chi connectivity index (χ0n) is 13.3. The van der Waals surface area contributed by atoms with Gasteiger partial charge in [0.15, 0.2) is 0 Å². The van der Waals surface area contributed by atoms with Gasteiger partial charge >= 0.3 is 5.69 Å². The molecule has 0 atom stereocenters. The highest BCUT2D eigenvalue weighted by molar-refractivity contribution is 7.14. The number of fused-ring (bicyclic) bond motifs is 1. The molecule has 0 saturated carbocycles. The summed E-state index contributed by atoms with van der Waals surface area (Å²) in [6.07, 6.45) is 2.28. The molecular weight excluding hydrogens is 324 g/mol. The summed E-state index contributed by atoms with van der Waals surface area (Å²) in [6.45, 7) is 3.90. The van der Waals surface area contributed by atoms with E-state index < -0.39 is 0 Å². The van der Waals surface area contributed by atoms with Gasteiger partial charge in [-0.15, -0.1) is 11.3 Å². The van der Waals surface area contributed by atoms with Crippen LogP contribution in [0.5, 0.6) is 0 Å². The van der Waals surface area contributed by atoms with E-state index in [9.17, 15) is 9.59 Å². The molecule has 3 heterocycles. The van der Waals surface area contributed by atoms with Gasteiger partial charge < -0.3 is 20.2 Å². The molecule has 7 heteroatoms. The Kier molecular flexibility index (Phi) is 3.65. The van der Waals surface area contributed by atoms with Gasteiger partial charge in [0.05, 0.1) is 27.3 Å². The third-order valence-corrected chi connectivity index (χ3v) is 5.29. The molecule has 0 bridgehead atoms. The molecule has 0 spiro atoms. The summed E-state index contributed by atoms with van der Waals surface area (Å²) in [4.78, 5) is 33.7. The monoisotopic (exact) mass is 342 g/mol. The number of hydrogen-bond donors (Lipinski definition) is 3. The first-order valence-corrected chi connectivity index (χ1v) is 8.80. The van der Waals surface area contributed by atoms with Crippen LogP contribution in [-0.4, -0.2) is 29.0 Å². The molecule has 6 nitrogen and oxygen atoms in total. The fourth-order valence-electron chi connectivity index (χ4n) is 3.13. The smallest absolute Gasteiger partial charge is 0.323 e. The predicted molar refractivity (Wildman–Crippen MR) is 97.4 cm³/mol. The number of aromatic nitrogens is 2. The maximum atomic E-state index is 12.5. The van der Waals surface area contributed by atoms with Crippen molar-refractivity contribution in [2.24, 2.45) is 0 Å². The second kappa shape index (κ2) is 5.83. The Morgan fingerprint density at radius 1 is 1.17 bits per heavy atom. The number of aromatic amines is 2. The molecule has 1 aliphatic rings. The first-order chi connectivity index (χ1) is 11.6. The Morgan fingerprint density at radius 3 is 2.54 bits per heavy atom. The number of imidazole rings is 1. The second-order valence-electron chi connectivity index (χ2n) is 6.05. The number of rotatable bonds is 3. The highest BCUT2D eigenvalue weighted by Gasteiger charge is 2.19. The molecule has 0 aliphatic carbocycles. The van der Waals surface area contributed by atoms with Gasteiger partial charge in [0.2, 0.25) is 0 Å². The van der Waals surface area contributed by atoms with Crippen LogP contribution in [0.1, 0.15) is 27.4 Å². The maximum Gasteiger partial charge on any atom is 0.323 e. The van der Waals surface area contributed by atoms with Crippen molar-refractivity contribution in [1.29, 1.82) is 0 Å². The van der Waals surface area contributed by atoms with Crippen LogP contribution >= 0.6 is 11.3 Å². The third-order valence-electron chi connectivity index (χ3n) is 4.29. The van der Waals surface area contributed by atoms with E-state index in [1.54, 1.807) is 0 Å². The van der Waals surface area contributed by atoms with Gasteiger partial charge in [-0.2, -0.15) is 0 Å². The summed E-state index contributed by atoms with van der Waals surface area (Å²) < 4.78 is 0. The van der Waals surface area contributed by atoms with Gasteiger partial charge in [0, 0.05) is 18.0 Å². The van der Waals surface area contributed by atoms with Gasteiger partial charge in [-0.25, -0.2) is 4.79 Å². The van der Waals surface area contributed by atoms with Gasteiger partial charge in [-0.05, 0) is 44.0 Å². The quantitative estimate of drug-likeness (QED) is 0.684. The minimum atomic E-state index is -0.241. The third kappa shape index (κ3) is 2.71. The van der Waals surface area contributed by atoms with Crippen molar-refractivity contribution in [1.82, 2.24) is 9.97 Å². The van der Waals surface area contributed by atoms with Gasteiger partial charge in [0.1, 0.15) is 0 Å². The number of nitrogens with one attached hydrogen (secondary N) is 3. The lowest BCUT2D eigenvalue weighted by Crippen LogP contribution is -2.21. The lowest BCUT2D eigenvalue weighted by Gasteiger charge is -2.21. The molecule has 124 valence electrons. The largest absolute Gasteiger partial charge is 0.370 e. The molecule has 0 radical (unpaired) electrons. The molecule has 0 unspecified atom stereocenters. The van der Waals surface area contributed by atoms with Crippen LogP contribution in [0.4, 0.5) is 11.4 Å². The Morgan fingerprint density at radius 2 is 1.88 bits per heavy atom. The molecular formula is C17H18N4O2S. The van der Waals surface area contributed by atoms with Crippen LogP contribution in [0.3, 0.4) is 0 Å². The Labute approximate surface area is 142 Å². The van der Waals surface area contributed by atoms with E-state index in [2.05, 4.69) is 20.2 Å². The Bertz CT molecular complexity index is 963. The topological polar surface area (TPSA) is 81.0 Å². The number of amides is 1. The Hall–Kier alpha value is -2.54. The minimum absolute atomic E-state index is 0.120. The lowest BCUT2D eigenvalue weighted by molar-refractivity contribution is 0.103. The zero-order valence-corrected chi connectivity index (χ0v) is 14.1. The molecule has 4 rings (SSSR count). The summed E-state index contributed by atoms with van der Waals surface area (Å²) in [5, 5.41) is 3.01. The van der Waals surface area contributed by atoms with E-state index in [1.807, 2.05) is 31.2 Å². The molecule has 24 heavy (non-hydrogen) atoms. The van der Waals surface area contributed by atoms with Crippen molar-refractivity contribution < 1.29 is 4.79 Å². The average Bonchev–Trinajstić information content (AvgIpc) is 3.25.